The van der Waals surface area contributed by atoms with E-state index in [0.29, 0.717) is 6.61 Å². The van der Waals surface area contributed by atoms with Gasteiger partial charge in [0.05, 0.1) is 6.61 Å². The maximum Gasteiger partial charge on any atom is 0.331 e. The molecule has 0 saturated heterocycles. The number of hydrogen-bond donors (Lipinski definition) is 0. The van der Waals surface area contributed by atoms with E-state index in [9.17, 15) is 4.79 Å². The van der Waals surface area contributed by atoms with Gasteiger partial charge in [-0.3, -0.25) is 0 Å². The Bertz CT molecular complexity index is 143. The largest absolute Gasteiger partial charge is 0.463 e. The molecule has 0 unspecified atom stereocenters. The van der Waals surface area contributed by atoms with Gasteiger partial charge >= 0.3 is 5.97 Å². The van der Waals surface area contributed by atoms with Crippen molar-refractivity contribution >= 4 is 17.7 Å². The molecule has 3 heteroatoms. The number of carbonyl (C=O) groups is 1. The van der Waals surface area contributed by atoms with Gasteiger partial charge in [0, 0.05) is 6.08 Å². The predicted octanol–water partition coefficient (Wildman–Crippen LogP) is 2.60. The Hall–Kier alpha value is -0.440. The van der Waals surface area contributed by atoms with Crippen molar-refractivity contribution in [1.29, 1.82) is 0 Å². The van der Waals surface area contributed by atoms with E-state index in [1.165, 1.54) is 18.9 Å². The van der Waals surface area contributed by atoms with Crippen molar-refractivity contribution in [3.63, 3.8) is 0 Å². The van der Waals surface area contributed by atoms with Crippen LogP contribution in [0.25, 0.3) is 0 Å². The number of carbonyl (C=O) groups excluding carboxylic acids is 1. The van der Waals surface area contributed by atoms with E-state index in [2.05, 4.69) is 6.92 Å². The van der Waals surface area contributed by atoms with Gasteiger partial charge in [0.2, 0.25) is 0 Å². The zero-order chi connectivity index (χ0) is 9.23. The molecular formula is C9H16O2S. The molecule has 0 aromatic heterocycles. The summed E-state index contributed by atoms with van der Waals surface area (Å²) in [6.45, 7) is 4.40. The standard InChI is InChI=1S/C9H16O2S/c1-3-5-7-12-8-6-9(10)11-4-2/h6,8H,3-5,7H2,1-2H3/b8-6+. The van der Waals surface area contributed by atoms with Crippen LogP contribution in [0, 0.1) is 0 Å². The van der Waals surface area contributed by atoms with Crippen LogP contribution in [-0.4, -0.2) is 18.3 Å². The lowest BCUT2D eigenvalue weighted by molar-refractivity contribution is -0.137. The summed E-state index contributed by atoms with van der Waals surface area (Å²) in [6.07, 6.45) is 3.86. The molecule has 0 aliphatic carbocycles. The summed E-state index contributed by atoms with van der Waals surface area (Å²) in [5.74, 6) is 0.827. The Kier molecular flexibility index (Phi) is 8.34. The molecule has 0 radical (unpaired) electrons. The topological polar surface area (TPSA) is 26.3 Å². The highest BCUT2D eigenvalue weighted by Gasteiger charge is 1.91. The molecule has 0 rings (SSSR count). The lowest BCUT2D eigenvalue weighted by atomic mass is 10.4. The number of ether oxygens (including phenoxy) is 1. The van der Waals surface area contributed by atoms with Crippen molar-refractivity contribution in [2.45, 2.75) is 26.7 Å². The highest BCUT2D eigenvalue weighted by Crippen LogP contribution is 2.05. The van der Waals surface area contributed by atoms with Crippen LogP contribution in [0.1, 0.15) is 26.7 Å². The molecule has 70 valence electrons. The fraction of sp³-hybridized carbons (Fsp3) is 0.667. The Balaban J connectivity index is 3.29. The molecule has 12 heavy (non-hydrogen) atoms. The molecule has 0 atom stereocenters. The van der Waals surface area contributed by atoms with Crippen LogP contribution in [0.3, 0.4) is 0 Å². The maximum absolute atomic E-state index is 10.8. The zero-order valence-corrected chi connectivity index (χ0v) is 8.52. The van der Waals surface area contributed by atoms with Crippen molar-refractivity contribution in [3.05, 3.63) is 11.5 Å². The monoisotopic (exact) mass is 188 g/mol. The van der Waals surface area contributed by atoms with Gasteiger partial charge in [0.1, 0.15) is 0 Å². The van der Waals surface area contributed by atoms with Crippen molar-refractivity contribution < 1.29 is 9.53 Å². The van der Waals surface area contributed by atoms with Crippen LogP contribution in [0.4, 0.5) is 0 Å². The summed E-state index contributed by atoms with van der Waals surface area (Å²) in [7, 11) is 0. The molecule has 0 aliphatic heterocycles. The van der Waals surface area contributed by atoms with Gasteiger partial charge in [0.25, 0.3) is 0 Å². The Morgan fingerprint density at radius 2 is 2.25 bits per heavy atom. The predicted molar refractivity (Wildman–Crippen MR) is 53.1 cm³/mol. The van der Waals surface area contributed by atoms with Crippen molar-refractivity contribution in [1.82, 2.24) is 0 Å². The molecule has 2 nitrogen and oxygen atoms in total. The van der Waals surface area contributed by atoms with Gasteiger partial charge in [-0.15, -0.1) is 11.8 Å². The molecule has 0 amide bonds. The first-order valence-electron chi connectivity index (χ1n) is 4.26. The summed E-state index contributed by atoms with van der Waals surface area (Å²) in [5, 5.41) is 1.80. The third kappa shape index (κ3) is 7.66. The van der Waals surface area contributed by atoms with E-state index in [4.69, 9.17) is 4.74 Å². The average molecular weight is 188 g/mol. The van der Waals surface area contributed by atoms with E-state index in [1.54, 1.807) is 24.1 Å². The van der Waals surface area contributed by atoms with Gasteiger partial charge in [-0.1, -0.05) is 13.3 Å². The first-order valence-corrected chi connectivity index (χ1v) is 5.31. The van der Waals surface area contributed by atoms with Gasteiger partial charge in [-0.2, -0.15) is 0 Å². The molecule has 0 bridgehead atoms. The van der Waals surface area contributed by atoms with Gasteiger partial charge in [-0.05, 0) is 24.5 Å². The minimum atomic E-state index is -0.249. The number of thioether (sulfide) groups is 1. The molecule has 0 fully saturated rings. The van der Waals surface area contributed by atoms with Crippen molar-refractivity contribution in [2.24, 2.45) is 0 Å². The molecule has 0 aromatic rings. The normalized spacial score (nSPS) is 10.5. The second-order valence-corrected chi connectivity index (χ2v) is 3.29. The molecule has 0 aromatic carbocycles. The first-order chi connectivity index (χ1) is 5.81. The number of rotatable bonds is 6. The summed E-state index contributed by atoms with van der Waals surface area (Å²) < 4.78 is 4.71. The molecule has 0 saturated carbocycles. The second kappa shape index (κ2) is 8.65. The Labute approximate surface area is 78.4 Å². The van der Waals surface area contributed by atoms with Gasteiger partial charge < -0.3 is 4.74 Å². The van der Waals surface area contributed by atoms with Crippen LogP contribution in [0.15, 0.2) is 11.5 Å². The summed E-state index contributed by atoms with van der Waals surface area (Å²) >= 11 is 1.65. The molecule has 0 heterocycles. The lowest BCUT2D eigenvalue weighted by Crippen LogP contribution is -1.98. The van der Waals surface area contributed by atoms with Crippen LogP contribution < -0.4 is 0 Å². The summed E-state index contributed by atoms with van der Waals surface area (Å²) in [4.78, 5) is 10.8. The van der Waals surface area contributed by atoms with Crippen LogP contribution in [0.2, 0.25) is 0 Å². The van der Waals surface area contributed by atoms with Gasteiger partial charge in [-0.25, -0.2) is 4.79 Å². The highest BCUT2D eigenvalue weighted by molar-refractivity contribution is 8.02. The van der Waals surface area contributed by atoms with E-state index >= 15 is 0 Å². The highest BCUT2D eigenvalue weighted by atomic mass is 32.2. The minimum Gasteiger partial charge on any atom is -0.463 e. The zero-order valence-electron chi connectivity index (χ0n) is 7.71. The molecular weight excluding hydrogens is 172 g/mol. The van der Waals surface area contributed by atoms with E-state index in [-0.39, 0.29) is 5.97 Å². The quantitative estimate of drug-likeness (QED) is 0.364. The summed E-state index contributed by atoms with van der Waals surface area (Å²) in [5.41, 5.74) is 0. The van der Waals surface area contributed by atoms with Crippen LogP contribution in [0.5, 0.6) is 0 Å². The Morgan fingerprint density at radius 3 is 2.83 bits per heavy atom. The maximum atomic E-state index is 10.8. The van der Waals surface area contributed by atoms with Crippen LogP contribution >= 0.6 is 11.8 Å². The van der Waals surface area contributed by atoms with Gasteiger partial charge in [0.15, 0.2) is 0 Å². The molecule has 0 aliphatic rings. The molecule has 0 spiro atoms. The van der Waals surface area contributed by atoms with Crippen LogP contribution in [-0.2, 0) is 9.53 Å². The summed E-state index contributed by atoms with van der Waals surface area (Å²) in [6, 6.07) is 0. The third-order valence-electron chi connectivity index (χ3n) is 1.20. The lowest BCUT2D eigenvalue weighted by Gasteiger charge is -1.94. The van der Waals surface area contributed by atoms with Crippen molar-refractivity contribution in [2.75, 3.05) is 12.4 Å². The smallest absolute Gasteiger partial charge is 0.331 e. The number of hydrogen-bond acceptors (Lipinski definition) is 3. The first kappa shape index (κ1) is 11.6. The second-order valence-electron chi connectivity index (χ2n) is 2.28. The Morgan fingerprint density at radius 1 is 1.50 bits per heavy atom. The number of unbranched alkanes of at least 4 members (excludes halogenated alkanes) is 1. The van der Waals surface area contributed by atoms with Crippen molar-refractivity contribution in [3.8, 4) is 0 Å². The minimum absolute atomic E-state index is 0.249. The fourth-order valence-electron chi connectivity index (χ4n) is 0.590. The third-order valence-corrected chi connectivity index (χ3v) is 2.06. The average Bonchev–Trinajstić information content (AvgIpc) is 2.05. The molecule has 0 N–H and O–H groups in total. The van der Waals surface area contributed by atoms with E-state index in [0.717, 1.165) is 5.75 Å². The van der Waals surface area contributed by atoms with E-state index in [1.807, 2.05) is 0 Å². The SMILES string of the molecule is CCCCS/C=C/C(=O)OCC. The van der Waals surface area contributed by atoms with E-state index < -0.39 is 0 Å². The number of esters is 1. The fourth-order valence-corrected chi connectivity index (χ4v) is 1.39.